The minimum Gasteiger partial charge on any atom is -0.493 e. The molecule has 1 aliphatic heterocycles. The lowest BCUT2D eigenvalue weighted by molar-refractivity contribution is -0.129. The van der Waals surface area contributed by atoms with Gasteiger partial charge < -0.3 is 30.2 Å². The first-order chi connectivity index (χ1) is 15.7. The van der Waals surface area contributed by atoms with Crippen molar-refractivity contribution in [3.05, 3.63) is 41.8 Å². The standard InChI is InChI=1S/C22H23FN6O4/c1-11-8-12(9-15(31-4)17(11)32-5)25-21-24-10-13(23)18(29-21)26-16-7-6-14-19(27-16)28-20(30)22(2,3)33-14/h6-10H,1-5H3,(H3,24,25,26,27,28,29,30). The van der Waals surface area contributed by atoms with Crippen LogP contribution in [0.5, 0.6) is 17.2 Å². The SMILES string of the molecule is COc1cc(Nc2ncc(F)c(Nc3ccc4c(n3)NC(=O)C(C)(C)O4)n2)cc(C)c1OC. The van der Waals surface area contributed by atoms with Crippen LogP contribution in [0, 0.1) is 12.7 Å². The van der Waals surface area contributed by atoms with Gasteiger partial charge in [0.05, 0.1) is 20.4 Å². The van der Waals surface area contributed by atoms with Crippen molar-refractivity contribution in [2.45, 2.75) is 26.4 Å². The molecule has 33 heavy (non-hydrogen) atoms. The minimum atomic E-state index is -1.01. The molecule has 3 heterocycles. The molecule has 0 aliphatic carbocycles. The highest BCUT2D eigenvalue weighted by Gasteiger charge is 2.36. The molecule has 3 N–H and O–H groups in total. The Kier molecular flexibility index (Phi) is 5.62. The second kappa shape index (κ2) is 8.41. The number of nitrogens with zero attached hydrogens (tertiary/aromatic N) is 3. The number of halogens is 1. The Bertz CT molecular complexity index is 1230. The van der Waals surface area contributed by atoms with Crippen LogP contribution in [0.15, 0.2) is 30.5 Å². The van der Waals surface area contributed by atoms with Crippen molar-refractivity contribution >= 4 is 35.0 Å². The highest BCUT2D eigenvalue weighted by molar-refractivity contribution is 5.99. The molecule has 3 aromatic rings. The number of aromatic nitrogens is 3. The van der Waals surface area contributed by atoms with Gasteiger partial charge in [0.2, 0.25) is 5.95 Å². The van der Waals surface area contributed by atoms with Crippen LogP contribution < -0.4 is 30.2 Å². The van der Waals surface area contributed by atoms with Crippen molar-refractivity contribution in [2.75, 3.05) is 30.2 Å². The fourth-order valence-corrected chi connectivity index (χ4v) is 3.26. The van der Waals surface area contributed by atoms with Crippen LogP contribution in [-0.2, 0) is 4.79 Å². The first-order valence-electron chi connectivity index (χ1n) is 10.0. The monoisotopic (exact) mass is 454 g/mol. The second-order valence-electron chi connectivity index (χ2n) is 7.78. The molecule has 11 heteroatoms. The summed E-state index contributed by atoms with van der Waals surface area (Å²) in [4.78, 5) is 24.6. The first kappa shape index (κ1) is 22.1. The van der Waals surface area contributed by atoms with Crippen LogP contribution in [0.4, 0.5) is 33.5 Å². The van der Waals surface area contributed by atoms with E-state index in [-0.39, 0.29) is 29.3 Å². The van der Waals surface area contributed by atoms with Crippen molar-refractivity contribution in [1.29, 1.82) is 0 Å². The number of ether oxygens (including phenoxy) is 3. The highest BCUT2D eigenvalue weighted by Crippen LogP contribution is 2.35. The number of aryl methyl sites for hydroxylation is 1. The van der Waals surface area contributed by atoms with E-state index >= 15 is 0 Å². The van der Waals surface area contributed by atoms with Crippen LogP contribution >= 0.6 is 0 Å². The average molecular weight is 454 g/mol. The first-order valence-corrected chi connectivity index (χ1v) is 10.0. The summed E-state index contributed by atoms with van der Waals surface area (Å²) >= 11 is 0. The molecule has 0 spiro atoms. The Balaban J connectivity index is 1.57. The number of amides is 1. The fraction of sp³-hybridized carbons (Fsp3) is 0.273. The third kappa shape index (κ3) is 4.43. The summed E-state index contributed by atoms with van der Waals surface area (Å²) in [6, 6.07) is 6.78. The Hall–Kier alpha value is -4.15. The highest BCUT2D eigenvalue weighted by atomic mass is 19.1. The zero-order valence-corrected chi connectivity index (χ0v) is 18.7. The maximum Gasteiger partial charge on any atom is 0.269 e. The number of carbonyl (C=O) groups is 1. The minimum absolute atomic E-state index is 0.0967. The van der Waals surface area contributed by atoms with Crippen LogP contribution in [-0.4, -0.2) is 40.7 Å². The van der Waals surface area contributed by atoms with Crippen molar-refractivity contribution in [2.24, 2.45) is 0 Å². The fourth-order valence-electron chi connectivity index (χ4n) is 3.26. The number of rotatable bonds is 6. The number of anilines is 5. The summed E-state index contributed by atoms with van der Waals surface area (Å²) in [5.74, 6) is 1.12. The molecule has 0 saturated heterocycles. The predicted molar refractivity (Wildman–Crippen MR) is 120 cm³/mol. The number of fused-ring (bicyclic) bond motifs is 1. The van der Waals surface area contributed by atoms with Gasteiger partial charge in [0.15, 0.2) is 40.3 Å². The van der Waals surface area contributed by atoms with E-state index in [4.69, 9.17) is 14.2 Å². The molecule has 0 atom stereocenters. The molecule has 2 aromatic heterocycles. The van der Waals surface area contributed by atoms with Crippen LogP contribution in [0.3, 0.4) is 0 Å². The number of nitrogens with one attached hydrogen (secondary N) is 3. The smallest absolute Gasteiger partial charge is 0.269 e. The predicted octanol–water partition coefficient (Wildman–Crippen LogP) is 3.93. The molecule has 0 bridgehead atoms. The molecule has 0 fully saturated rings. The molecule has 4 rings (SSSR count). The van der Waals surface area contributed by atoms with E-state index < -0.39 is 11.4 Å². The topological polar surface area (TPSA) is 120 Å². The molecular formula is C22H23FN6O4. The quantitative estimate of drug-likeness (QED) is 0.509. The Morgan fingerprint density at radius 3 is 2.64 bits per heavy atom. The maximum absolute atomic E-state index is 14.4. The van der Waals surface area contributed by atoms with Gasteiger partial charge in [0.1, 0.15) is 5.82 Å². The number of methoxy groups -OCH3 is 2. The Morgan fingerprint density at radius 2 is 1.91 bits per heavy atom. The van der Waals surface area contributed by atoms with Crippen molar-refractivity contribution in [3.8, 4) is 17.2 Å². The van der Waals surface area contributed by atoms with E-state index in [0.29, 0.717) is 22.9 Å². The van der Waals surface area contributed by atoms with Crippen LogP contribution in [0.1, 0.15) is 19.4 Å². The van der Waals surface area contributed by atoms with Crippen molar-refractivity contribution in [3.63, 3.8) is 0 Å². The van der Waals surface area contributed by atoms with E-state index in [1.807, 2.05) is 13.0 Å². The lowest BCUT2D eigenvalue weighted by atomic mass is 10.1. The van der Waals surface area contributed by atoms with Gasteiger partial charge in [-0.15, -0.1) is 0 Å². The lowest BCUT2D eigenvalue weighted by Gasteiger charge is -2.30. The third-order valence-corrected chi connectivity index (χ3v) is 4.91. The maximum atomic E-state index is 14.4. The zero-order chi connectivity index (χ0) is 23.8. The van der Waals surface area contributed by atoms with Gasteiger partial charge in [-0.05, 0) is 44.5 Å². The Labute approximate surface area is 189 Å². The summed E-state index contributed by atoms with van der Waals surface area (Å²) in [6.07, 6.45) is 1.04. The van der Waals surface area contributed by atoms with Crippen molar-refractivity contribution in [1.82, 2.24) is 15.0 Å². The van der Waals surface area contributed by atoms with E-state index in [9.17, 15) is 9.18 Å². The molecule has 172 valence electrons. The molecular weight excluding hydrogens is 431 g/mol. The molecule has 1 aliphatic rings. The number of benzene rings is 1. The summed E-state index contributed by atoms with van der Waals surface area (Å²) in [6.45, 7) is 5.18. The molecule has 0 unspecified atom stereocenters. The molecule has 10 nitrogen and oxygen atoms in total. The third-order valence-electron chi connectivity index (χ3n) is 4.91. The number of hydrogen-bond acceptors (Lipinski definition) is 9. The van der Waals surface area contributed by atoms with Gasteiger partial charge in [0, 0.05) is 11.8 Å². The van der Waals surface area contributed by atoms with Gasteiger partial charge in [-0.3, -0.25) is 4.79 Å². The summed E-state index contributed by atoms with van der Waals surface area (Å²) in [5.41, 5.74) is 0.466. The van der Waals surface area contributed by atoms with Gasteiger partial charge >= 0.3 is 0 Å². The van der Waals surface area contributed by atoms with E-state index in [0.717, 1.165) is 11.8 Å². The van der Waals surface area contributed by atoms with Crippen LogP contribution in [0.25, 0.3) is 0 Å². The van der Waals surface area contributed by atoms with Gasteiger partial charge in [-0.1, -0.05) is 0 Å². The summed E-state index contributed by atoms with van der Waals surface area (Å²) in [7, 11) is 3.10. The van der Waals surface area contributed by atoms with E-state index in [2.05, 4.69) is 30.9 Å². The van der Waals surface area contributed by atoms with Gasteiger partial charge in [-0.25, -0.2) is 14.4 Å². The van der Waals surface area contributed by atoms with Gasteiger partial charge in [0.25, 0.3) is 5.91 Å². The molecule has 1 amide bonds. The number of hydrogen-bond donors (Lipinski definition) is 3. The average Bonchev–Trinajstić information content (AvgIpc) is 2.76. The van der Waals surface area contributed by atoms with E-state index in [1.54, 1.807) is 39.2 Å². The molecule has 0 saturated carbocycles. The number of pyridine rings is 1. The molecule has 0 radical (unpaired) electrons. The van der Waals surface area contributed by atoms with E-state index in [1.165, 1.54) is 7.11 Å². The Morgan fingerprint density at radius 1 is 1.12 bits per heavy atom. The second-order valence-corrected chi connectivity index (χ2v) is 7.78. The van der Waals surface area contributed by atoms with Gasteiger partial charge in [-0.2, -0.15) is 4.98 Å². The molecule has 1 aromatic carbocycles. The zero-order valence-electron chi connectivity index (χ0n) is 18.7. The lowest BCUT2D eigenvalue weighted by Crippen LogP contribution is -2.46. The normalized spacial score (nSPS) is 13.9. The largest absolute Gasteiger partial charge is 0.493 e. The summed E-state index contributed by atoms with van der Waals surface area (Å²) < 4.78 is 30.8. The van der Waals surface area contributed by atoms with Crippen LogP contribution in [0.2, 0.25) is 0 Å². The number of carbonyl (C=O) groups excluding carboxylic acids is 1. The summed E-state index contributed by atoms with van der Waals surface area (Å²) in [5, 5.41) is 8.52. The van der Waals surface area contributed by atoms with Crippen molar-refractivity contribution < 1.29 is 23.4 Å².